The highest BCUT2D eigenvalue weighted by Gasteiger charge is 2.34. The first kappa shape index (κ1) is 25.8. The van der Waals surface area contributed by atoms with Crippen LogP contribution in [0.25, 0.3) is 21.5 Å². The van der Waals surface area contributed by atoms with Crippen LogP contribution in [0.15, 0.2) is 42.7 Å². The van der Waals surface area contributed by atoms with Gasteiger partial charge in [0.1, 0.15) is 23.4 Å². The van der Waals surface area contributed by atoms with Crippen LogP contribution in [0.4, 0.5) is 24.1 Å². The van der Waals surface area contributed by atoms with Gasteiger partial charge in [-0.25, -0.2) is 19.9 Å². The van der Waals surface area contributed by atoms with Crippen molar-refractivity contribution in [3.05, 3.63) is 48.4 Å². The minimum Gasteiger partial charge on any atom is -0.437 e. The van der Waals surface area contributed by atoms with E-state index in [1.807, 2.05) is 13.0 Å². The Hall–Kier alpha value is -3.84. The molecule has 1 saturated heterocycles. The maximum absolute atomic E-state index is 13.5. The van der Waals surface area contributed by atoms with E-state index in [2.05, 4.69) is 35.9 Å². The highest BCUT2D eigenvalue weighted by Crippen LogP contribution is 2.36. The lowest BCUT2D eigenvalue weighted by atomic mass is 10.1. The third kappa shape index (κ3) is 5.68. The van der Waals surface area contributed by atoms with Crippen LogP contribution in [0.3, 0.4) is 0 Å². The molecule has 4 heterocycles. The number of thiazole rings is 1. The van der Waals surface area contributed by atoms with E-state index < -0.39 is 11.9 Å². The van der Waals surface area contributed by atoms with Crippen LogP contribution >= 0.6 is 11.3 Å². The predicted molar refractivity (Wildman–Crippen MR) is 138 cm³/mol. The van der Waals surface area contributed by atoms with E-state index in [0.29, 0.717) is 27.7 Å². The molecule has 1 amide bonds. The lowest BCUT2D eigenvalue weighted by Crippen LogP contribution is -2.38. The van der Waals surface area contributed by atoms with Crippen molar-refractivity contribution in [3.8, 4) is 22.9 Å². The number of halogens is 3. The summed E-state index contributed by atoms with van der Waals surface area (Å²) in [6.45, 7) is 4.17. The second-order valence-corrected chi connectivity index (χ2v) is 9.90. The predicted octanol–water partition coefficient (Wildman–Crippen LogP) is 5.47. The first-order valence-corrected chi connectivity index (χ1v) is 12.7. The smallest absolute Gasteiger partial charge is 0.433 e. The molecule has 2 atom stereocenters. The van der Waals surface area contributed by atoms with E-state index in [4.69, 9.17) is 4.74 Å². The summed E-state index contributed by atoms with van der Waals surface area (Å²) in [6.07, 6.45) is -1.39. The van der Waals surface area contributed by atoms with Crippen LogP contribution in [0.1, 0.15) is 32.4 Å². The third-order valence-electron chi connectivity index (χ3n) is 6.05. The van der Waals surface area contributed by atoms with Crippen molar-refractivity contribution in [2.24, 2.45) is 0 Å². The number of alkyl halides is 3. The van der Waals surface area contributed by atoms with Gasteiger partial charge in [0.25, 0.3) is 0 Å². The number of benzene rings is 1. The fourth-order valence-corrected chi connectivity index (χ4v) is 5.18. The van der Waals surface area contributed by atoms with E-state index >= 15 is 0 Å². The van der Waals surface area contributed by atoms with Crippen LogP contribution in [0.2, 0.25) is 0 Å². The summed E-state index contributed by atoms with van der Waals surface area (Å²) in [7, 11) is 0. The lowest BCUT2D eigenvalue weighted by Gasteiger charge is -2.23. The van der Waals surface area contributed by atoms with Crippen LogP contribution in [0.5, 0.6) is 11.6 Å². The minimum atomic E-state index is -4.59. The largest absolute Gasteiger partial charge is 0.437 e. The summed E-state index contributed by atoms with van der Waals surface area (Å²) in [5, 5.41) is 9.61. The summed E-state index contributed by atoms with van der Waals surface area (Å²) in [5.74, 6) is 0.421. The summed E-state index contributed by atoms with van der Waals surface area (Å²) in [6, 6.07) is 9.12. The number of ether oxygens (including phenoxy) is 1. The Morgan fingerprint density at radius 3 is 2.79 bits per heavy atom. The molecule has 0 radical (unpaired) electrons. The Labute approximate surface area is 219 Å². The zero-order chi connectivity index (χ0) is 26.9. The topological polar surface area (TPSA) is 114 Å². The molecule has 38 heavy (non-hydrogen) atoms. The number of rotatable bonds is 7. The fraction of sp³-hybridized carbons (Fsp3) is 0.320. The average Bonchev–Trinajstić information content (AvgIpc) is 3.54. The molecule has 0 aliphatic carbocycles. The molecule has 0 bridgehead atoms. The number of carbonyl (C=O) groups excluding carboxylic acids is 1. The number of para-hydroxylation sites is 1. The standard InChI is InChI=1S/C25H24F3N7O2S/c1-13(16-5-4-10-29-16)32-23-15(8-9-20(34-23)25(26,27)28)17-11-21(31-12-30-17)37-18-6-3-7-19-22(18)35-24(38-19)33-14(2)36/h3,6-9,11-13,16,29H,4-5,10H2,1-2H3,(H,32,34)(H,33,35,36)/t13-,16-/m1/s1. The molecule has 1 aliphatic rings. The number of pyridine rings is 1. The number of carbonyl (C=O) groups is 1. The number of hydrogen-bond donors (Lipinski definition) is 3. The van der Waals surface area contributed by atoms with Gasteiger partial charge in [0, 0.05) is 30.6 Å². The summed E-state index contributed by atoms with van der Waals surface area (Å²) in [4.78, 5) is 28.2. The average molecular weight is 544 g/mol. The number of hydrogen-bond acceptors (Lipinski definition) is 9. The van der Waals surface area contributed by atoms with Gasteiger partial charge in [-0.2, -0.15) is 13.2 Å². The maximum Gasteiger partial charge on any atom is 0.433 e. The van der Waals surface area contributed by atoms with Gasteiger partial charge in [0.2, 0.25) is 11.8 Å². The normalized spacial score (nSPS) is 16.4. The van der Waals surface area contributed by atoms with E-state index in [9.17, 15) is 18.0 Å². The molecule has 5 rings (SSSR count). The van der Waals surface area contributed by atoms with Gasteiger partial charge < -0.3 is 20.7 Å². The van der Waals surface area contributed by atoms with Gasteiger partial charge in [-0.3, -0.25) is 4.79 Å². The highest BCUT2D eigenvalue weighted by atomic mass is 32.1. The van der Waals surface area contributed by atoms with Gasteiger partial charge in [-0.15, -0.1) is 0 Å². The van der Waals surface area contributed by atoms with E-state index in [0.717, 1.165) is 30.2 Å². The van der Waals surface area contributed by atoms with E-state index in [1.54, 1.807) is 12.1 Å². The molecule has 4 aromatic rings. The molecule has 1 aromatic carbocycles. The molecular weight excluding hydrogens is 519 g/mol. The fourth-order valence-electron chi connectivity index (χ4n) is 4.25. The molecule has 9 nitrogen and oxygen atoms in total. The number of amides is 1. The van der Waals surface area contributed by atoms with Crippen molar-refractivity contribution in [1.29, 1.82) is 0 Å². The first-order chi connectivity index (χ1) is 18.2. The first-order valence-electron chi connectivity index (χ1n) is 11.9. The monoisotopic (exact) mass is 543 g/mol. The number of fused-ring (bicyclic) bond motifs is 1. The van der Waals surface area contributed by atoms with Crippen LogP contribution in [0, 0.1) is 0 Å². The van der Waals surface area contributed by atoms with Crippen LogP contribution < -0.4 is 20.7 Å². The number of aromatic nitrogens is 4. The Morgan fingerprint density at radius 2 is 2.05 bits per heavy atom. The second-order valence-electron chi connectivity index (χ2n) is 8.87. The number of nitrogens with zero attached hydrogens (tertiary/aromatic N) is 4. The van der Waals surface area contributed by atoms with Crippen LogP contribution in [-0.2, 0) is 11.0 Å². The zero-order valence-corrected chi connectivity index (χ0v) is 21.3. The quantitative estimate of drug-likeness (QED) is 0.281. The van der Waals surface area contributed by atoms with Crippen molar-refractivity contribution in [3.63, 3.8) is 0 Å². The van der Waals surface area contributed by atoms with Crippen molar-refractivity contribution < 1.29 is 22.7 Å². The Morgan fingerprint density at radius 1 is 1.21 bits per heavy atom. The molecule has 1 fully saturated rings. The lowest BCUT2D eigenvalue weighted by molar-refractivity contribution is -0.141. The van der Waals surface area contributed by atoms with Crippen molar-refractivity contribution in [2.75, 3.05) is 17.2 Å². The van der Waals surface area contributed by atoms with Gasteiger partial charge in [-0.1, -0.05) is 17.4 Å². The molecule has 0 unspecified atom stereocenters. The number of anilines is 2. The molecular formula is C25H24F3N7O2S. The Kier molecular flexibility index (Phi) is 7.13. The summed E-state index contributed by atoms with van der Waals surface area (Å²) >= 11 is 1.30. The Bertz CT molecular complexity index is 1470. The van der Waals surface area contributed by atoms with Crippen molar-refractivity contribution in [2.45, 2.75) is 44.9 Å². The summed E-state index contributed by atoms with van der Waals surface area (Å²) < 4.78 is 47.2. The van der Waals surface area contributed by atoms with Gasteiger partial charge in [-0.05, 0) is 50.6 Å². The van der Waals surface area contributed by atoms with Crippen molar-refractivity contribution >= 4 is 38.4 Å². The maximum atomic E-state index is 13.5. The SMILES string of the molecule is CC(=O)Nc1nc2c(Oc3cc(-c4ccc(C(F)(F)F)nc4N[C@H](C)[C@H]4CCCN4)ncn3)cccc2s1. The molecule has 1 aliphatic heterocycles. The minimum absolute atomic E-state index is 0.0761. The number of nitrogens with one attached hydrogen (secondary N) is 3. The molecule has 0 spiro atoms. The summed E-state index contributed by atoms with van der Waals surface area (Å²) in [5.41, 5.74) is 0.272. The molecule has 3 N–H and O–H groups in total. The van der Waals surface area contributed by atoms with Crippen LogP contribution in [-0.4, -0.2) is 44.5 Å². The van der Waals surface area contributed by atoms with Gasteiger partial charge in [0.15, 0.2) is 10.9 Å². The highest BCUT2D eigenvalue weighted by molar-refractivity contribution is 7.22. The Balaban J connectivity index is 1.47. The van der Waals surface area contributed by atoms with E-state index in [-0.39, 0.29) is 29.7 Å². The van der Waals surface area contributed by atoms with E-state index in [1.165, 1.54) is 36.7 Å². The molecule has 198 valence electrons. The van der Waals surface area contributed by atoms with Gasteiger partial charge in [0.05, 0.1) is 10.4 Å². The third-order valence-corrected chi connectivity index (χ3v) is 6.99. The molecule has 13 heteroatoms. The van der Waals surface area contributed by atoms with Crippen molar-refractivity contribution in [1.82, 2.24) is 25.3 Å². The molecule has 3 aromatic heterocycles. The zero-order valence-electron chi connectivity index (χ0n) is 20.5. The molecule has 0 saturated carbocycles. The second kappa shape index (κ2) is 10.5. The van der Waals surface area contributed by atoms with Gasteiger partial charge >= 0.3 is 6.18 Å².